The van der Waals surface area contributed by atoms with Crippen LogP contribution in [0.3, 0.4) is 0 Å². The molecular weight excluding hydrogens is 156 g/mol. The highest BCUT2D eigenvalue weighted by Gasteiger charge is 2.09. The van der Waals surface area contributed by atoms with Gasteiger partial charge in [0.25, 0.3) is 0 Å². The van der Waals surface area contributed by atoms with Crippen LogP contribution in [0.4, 0.5) is 0 Å². The fourth-order valence-corrected chi connectivity index (χ4v) is 0.722. The van der Waals surface area contributed by atoms with Crippen LogP contribution >= 0.6 is 0 Å². The Labute approximate surface area is 73.0 Å². The van der Waals surface area contributed by atoms with Crippen molar-refractivity contribution in [2.24, 2.45) is 0 Å². The quantitative estimate of drug-likeness (QED) is 0.470. The fourth-order valence-electron chi connectivity index (χ4n) is 0.722. The maximum Gasteiger partial charge on any atom is 0.332 e. The van der Waals surface area contributed by atoms with Gasteiger partial charge in [-0.25, -0.2) is 4.79 Å². The van der Waals surface area contributed by atoms with Gasteiger partial charge in [-0.15, -0.1) is 6.58 Å². The second-order valence-electron chi connectivity index (χ2n) is 2.64. The molecule has 0 spiro atoms. The first kappa shape index (κ1) is 11.2. The Balaban J connectivity index is 3.19. The lowest BCUT2D eigenvalue weighted by Gasteiger charge is -2.06. The van der Waals surface area contributed by atoms with Gasteiger partial charge in [-0.2, -0.15) is 0 Å². The van der Waals surface area contributed by atoms with E-state index in [1.807, 2.05) is 6.08 Å². The van der Waals surface area contributed by atoms with Crippen LogP contribution in [0, 0.1) is 0 Å². The molecule has 0 rings (SSSR count). The van der Waals surface area contributed by atoms with Crippen molar-refractivity contribution in [3.8, 4) is 0 Å². The molecule has 1 unspecified atom stereocenters. The number of ether oxygens (including phenoxy) is 1. The van der Waals surface area contributed by atoms with E-state index in [1.165, 1.54) is 6.92 Å². The second kappa shape index (κ2) is 6.85. The number of hydrogen-bond donors (Lipinski definition) is 1. The standard InChI is InChI=1S/C9H16O3/c1-3-4-5-6-7-12-8(2)9(10)11/h3,8H,1,4-7H2,2H3,(H,10,11). The molecule has 70 valence electrons. The third kappa shape index (κ3) is 5.92. The first-order valence-electron chi connectivity index (χ1n) is 4.13. The van der Waals surface area contributed by atoms with Gasteiger partial charge in [0.1, 0.15) is 0 Å². The summed E-state index contributed by atoms with van der Waals surface area (Å²) in [6.07, 6.45) is 4.03. The van der Waals surface area contributed by atoms with Gasteiger partial charge >= 0.3 is 5.97 Å². The highest BCUT2D eigenvalue weighted by molar-refractivity contribution is 5.71. The minimum Gasteiger partial charge on any atom is -0.479 e. The zero-order valence-electron chi connectivity index (χ0n) is 7.45. The first-order valence-corrected chi connectivity index (χ1v) is 4.13. The molecule has 0 aromatic rings. The maximum atomic E-state index is 10.3. The van der Waals surface area contributed by atoms with E-state index in [0.717, 1.165) is 19.3 Å². The van der Waals surface area contributed by atoms with Crippen LogP contribution in [0.25, 0.3) is 0 Å². The van der Waals surface area contributed by atoms with Crippen LogP contribution in [-0.2, 0) is 9.53 Å². The molecule has 0 fully saturated rings. The molecule has 0 bridgehead atoms. The number of hydrogen-bond acceptors (Lipinski definition) is 2. The van der Waals surface area contributed by atoms with Gasteiger partial charge in [-0.05, 0) is 26.2 Å². The predicted molar refractivity (Wildman–Crippen MR) is 47.1 cm³/mol. The van der Waals surface area contributed by atoms with Crippen LogP contribution in [0.2, 0.25) is 0 Å². The van der Waals surface area contributed by atoms with E-state index in [1.54, 1.807) is 0 Å². The zero-order chi connectivity index (χ0) is 9.40. The molecule has 0 heterocycles. The van der Waals surface area contributed by atoms with E-state index in [4.69, 9.17) is 9.84 Å². The van der Waals surface area contributed by atoms with Crippen LogP contribution in [-0.4, -0.2) is 23.8 Å². The largest absolute Gasteiger partial charge is 0.479 e. The van der Waals surface area contributed by atoms with Gasteiger partial charge < -0.3 is 9.84 Å². The van der Waals surface area contributed by atoms with E-state index in [2.05, 4.69) is 6.58 Å². The Bertz CT molecular complexity index is 143. The van der Waals surface area contributed by atoms with E-state index in [0.29, 0.717) is 6.61 Å². The highest BCUT2D eigenvalue weighted by Crippen LogP contribution is 1.98. The summed E-state index contributed by atoms with van der Waals surface area (Å²) >= 11 is 0. The minimum absolute atomic E-state index is 0.515. The molecule has 0 aromatic heterocycles. The lowest BCUT2D eigenvalue weighted by atomic mass is 10.2. The van der Waals surface area contributed by atoms with Gasteiger partial charge in [0.15, 0.2) is 6.10 Å². The summed E-state index contributed by atoms with van der Waals surface area (Å²) in [5, 5.41) is 8.44. The van der Waals surface area contributed by atoms with Gasteiger partial charge in [-0.1, -0.05) is 6.08 Å². The van der Waals surface area contributed by atoms with Gasteiger partial charge in [0, 0.05) is 6.61 Å². The summed E-state index contributed by atoms with van der Waals surface area (Å²) < 4.78 is 5.02. The molecule has 0 saturated heterocycles. The molecule has 3 heteroatoms. The molecule has 0 saturated carbocycles. The molecule has 0 aliphatic carbocycles. The Kier molecular flexibility index (Phi) is 6.38. The minimum atomic E-state index is -0.904. The summed E-state index contributed by atoms with van der Waals surface area (Å²) in [5.74, 6) is -0.904. The average molecular weight is 172 g/mol. The predicted octanol–water partition coefficient (Wildman–Crippen LogP) is 1.83. The number of carbonyl (C=O) groups is 1. The highest BCUT2D eigenvalue weighted by atomic mass is 16.5. The number of carboxylic acids is 1. The van der Waals surface area contributed by atoms with Gasteiger partial charge in [0.05, 0.1) is 0 Å². The lowest BCUT2D eigenvalue weighted by molar-refractivity contribution is -0.149. The molecule has 3 nitrogen and oxygen atoms in total. The summed E-state index contributed by atoms with van der Waals surface area (Å²) in [4.78, 5) is 10.3. The Morgan fingerprint density at radius 3 is 2.83 bits per heavy atom. The zero-order valence-corrected chi connectivity index (χ0v) is 7.45. The number of allylic oxidation sites excluding steroid dienone is 1. The molecule has 0 aliphatic heterocycles. The van der Waals surface area contributed by atoms with Crippen molar-refractivity contribution >= 4 is 5.97 Å². The molecule has 1 atom stereocenters. The Morgan fingerprint density at radius 1 is 1.67 bits per heavy atom. The Hall–Kier alpha value is -0.830. The maximum absolute atomic E-state index is 10.3. The second-order valence-corrected chi connectivity index (χ2v) is 2.64. The third-order valence-electron chi connectivity index (χ3n) is 1.52. The van der Waals surface area contributed by atoms with E-state index in [9.17, 15) is 4.79 Å². The molecule has 0 aliphatic rings. The van der Waals surface area contributed by atoms with Crippen LogP contribution in [0.1, 0.15) is 26.2 Å². The van der Waals surface area contributed by atoms with Crippen LogP contribution < -0.4 is 0 Å². The van der Waals surface area contributed by atoms with Crippen molar-refractivity contribution in [1.82, 2.24) is 0 Å². The Morgan fingerprint density at radius 2 is 2.33 bits per heavy atom. The summed E-state index contributed by atoms with van der Waals surface area (Å²) in [6.45, 7) is 5.64. The molecule has 0 aromatic carbocycles. The lowest BCUT2D eigenvalue weighted by Crippen LogP contribution is -2.20. The summed E-state index contributed by atoms with van der Waals surface area (Å²) in [7, 11) is 0. The monoisotopic (exact) mass is 172 g/mol. The molecule has 12 heavy (non-hydrogen) atoms. The van der Waals surface area contributed by atoms with Crippen molar-refractivity contribution in [1.29, 1.82) is 0 Å². The van der Waals surface area contributed by atoms with Crippen molar-refractivity contribution < 1.29 is 14.6 Å². The van der Waals surface area contributed by atoms with Crippen molar-refractivity contribution in [2.75, 3.05) is 6.61 Å². The van der Waals surface area contributed by atoms with Crippen LogP contribution in [0.15, 0.2) is 12.7 Å². The smallest absolute Gasteiger partial charge is 0.332 e. The number of carboxylic acid groups (broad SMARTS) is 1. The van der Waals surface area contributed by atoms with Crippen molar-refractivity contribution in [3.05, 3.63) is 12.7 Å². The average Bonchev–Trinajstić information content (AvgIpc) is 2.03. The number of rotatable bonds is 7. The molecule has 0 radical (unpaired) electrons. The van der Waals surface area contributed by atoms with Gasteiger partial charge in [-0.3, -0.25) is 0 Å². The van der Waals surface area contributed by atoms with Crippen molar-refractivity contribution in [2.45, 2.75) is 32.3 Å². The molecule has 1 N–H and O–H groups in total. The van der Waals surface area contributed by atoms with Gasteiger partial charge in [0.2, 0.25) is 0 Å². The van der Waals surface area contributed by atoms with Crippen LogP contribution in [0.5, 0.6) is 0 Å². The number of unbranched alkanes of at least 4 members (excludes halogenated alkanes) is 2. The summed E-state index contributed by atoms with van der Waals surface area (Å²) in [5.41, 5.74) is 0. The van der Waals surface area contributed by atoms with Crippen molar-refractivity contribution in [3.63, 3.8) is 0 Å². The molecular formula is C9H16O3. The van der Waals surface area contributed by atoms with E-state index < -0.39 is 12.1 Å². The third-order valence-corrected chi connectivity index (χ3v) is 1.52. The SMILES string of the molecule is C=CCCCCOC(C)C(=O)O. The van der Waals surface area contributed by atoms with E-state index in [-0.39, 0.29) is 0 Å². The normalized spacial score (nSPS) is 12.4. The molecule has 0 amide bonds. The topological polar surface area (TPSA) is 46.5 Å². The first-order chi connectivity index (χ1) is 5.68. The fraction of sp³-hybridized carbons (Fsp3) is 0.667. The summed E-state index contributed by atoms with van der Waals surface area (Å²) in [6, 6.07) is 0. The van der Waals surface area contributed by atoms with E-state index >= 15 is 0 Å². The number of aliphatic carboxylic acids is 1.